The van der Waals surface area contributed by atoms with Crippen molar-refractivity contribution >= 4 is 25.6 Å². The van der Waals surface area contributed by atoms with Gasteiger partial charge in [-0.15, -0.1) is 0 Å². The van der Waals surface area contributed by atoms with Crippen molar-refractivity contribution < 1.29 is 13.2 Å². The lowest BCUT2D eigenvalue weighted by atomic mass is 10.1. The van der Waals surface area contributed by atoms with Crippen LogP contribution in [0.15, 0.2) is 18.2 Å². The number of carbonyl (C=O) groups excluding carboxylic acids is 1. The van der Waals surface area contributed by atoms with Gasteiger partial charge >= 0.3 is 0 Å². The van der Waals surface area contributed by atoms with Gasteiger partial charge in [0.25, 0.3) is 0 Å². The van der Waals surface area contributed by atoms with Gasteiger partial charge in [-0.1, -0.05) is 23.8 Å². The van der Waals surface area contributed by atoms with E-state index in [1.54, 1.807) is 4.90 Å². The van der Waals surface area contributed by atoms with E-state index in [4.69, 9.17) is 10.7 Å². The number of aryl methyl sites for hydroxylation is 2. The Hall–Kier alpha value is -1.07. The summed E-state index contributed by atoms with van der Waals surface area (Å²) >= 11 is 0. The molecule has 0 aromatic heterocycles. The van der Waals surface area contributed by atoms with Gasteiger partial charge in [-0.25, -0.2) is 8.42 Å². The molecule has 6 heteroatoms. The van der Waals surface area contributed by atoms with Crippen LogP contribution in [-0.2, 0) is 20.4 Å². The lowest BCUT2D eigenvalue weighted by Gasteiger charge is -2.18. The summed E-state index contributed by atoms with van der Waals surface area (Å²) in [6.45, 7) is 5.01. The summed E-state index contributed by atoms with van der Waals surface area (Å²) in [5.41, 5.74) is 3.39. The zero-order valence-corrected chi connectivity index (χ0v) is 13.2. The Kier molecular flexibility index (Phi) is 4.39. The molecule has 1 aromatic rings. The van der Waals surface area contributed by atoms with E-state index in [-0.39, 0.29) is 24.0 Å². The highest BCUT2D eigenvalue weighted by atomic mass is 35.7. The Morgan fingerprint density at radius 2 is 2.05 bits per heavy atom. The molecule has 0 spiro atoms. The molecule has 0 radical (unpaired) electrons. The third-order valence-electron chi connectivity index (χ3n) is 3.60. The molecule has 1 unspecified atom stereocenters. The number of likely N-dealkylation sites (tertiary alicyclic amines) is 1. The molecule has 1 aromatic carbocycles. The smallest absolute Gasteiger partial charge is 0.232 e. The van der Waals surface area contributed by atoms with Gasteiger partial charge in [0.1, 0.15) is 0 Å². The molecule has 1 heterocycles. The number of benzene rings is 1. The van der Waals surface area contributed by atoms with Crippen molar-refractivity contribution in [3.05, 3.63) is 34.9 Å². The third kappa shape index (κ3) is 3.96. The van der Waals surface area contributed by atoms with Gasteiger partial charge in [-0.2, -0.15) is 0 Å². The molecule has 1 fully saturated rings. The number of hydrogen-bond donors (Lipinski definition) is 0. The molecule has 0 bridgehead atoms. The van der Waals surface area contributed by atoms with E-state index in [1.807, 2.05) is 26.0 Å². The van der Waals surface area contributed by atoms with Crippen LogP contribution in [0.5, 0.6) is 0 Å². The third-order valence-corrected chi connectivity index (χ3v) is 4.84. The molecular formula is C14H18ClNO3S. The molecule has 20 heavy (non-hydrogen) atoms. The minimum atomic E-state index is -3.55. The summed E-state index contributed by atoms with van der Waals surface area (Å²) in [4.78, 5) is 13.7. The summed E-state index contributed by atoms with van der Waals surface area (Å²) in [6.07, 6.45) is 0.261. The van der Waals surface area contributed by atoms with E-state index in [2.05, 4.69) is 6.07 Å². The topological polar surface area (TPSA) is 54.5 Å². The standard InChI is InChI=1S/C14H18ClNO3S/c1-10-3-4-11(2)13(5-10)8-16-7-12(6-14(16)17)9-20(15,18)19/h3-5,12H,6-9H2,1-2H3. The van der Waals surface area contributed by atoms with E-state index >= 15 is 0 Å². The van der Waals surface area contributed by atoms with Crippen LogP contribution in [0, 0.1) is 19.8 Å². The van der Waals surface area contributed by atoms with Gasteiger partial charge in [-0.3, -0.25) is 4.79 Å². The van der Waals surface area contributed by atoms with Crippen molar-refractivity contribution in [1.82, 2.24) is 4.90 Å². The van der Waals surface area contributed by atoms with E-state index in [9.17, 15) is 13.2 Å². The van der Waals surface area contributed by atoms with Crippen LogP contribution in [0.4, 0.5) is 0 Å². The zero-order chi connectivity index (χ0) is 14.9. The summed E-state index contributed by atoms with van der Waals surface area (Å²) in [5, 5.41) is 0. The van der Waals surface area contributed by atoms with Crippen LogP contribution in [0.2, 0.25) is 0 Å². The Morgan fingerprint density at radius 1 is 1.35 bits per heavy atom. The number of amides is 1. The Morgan fingerprint density at radius 3 is 2.70 bits per heavy atom. The predicted octanol–water partition coefficient (Wildman–Crippen LogP) is 2.22. The molecule has 1 saturated heterocycles. The largest absolute Gasteiger partial charge is 0.338 e. The van der Waals surface area contributed by atoms with Crippen LogP contribution >= 0.6 is 10.7 Å². The molecule has 1 atom stereocenters. The quantitative estimate of drug-likeness (QED) is 0.801. The lowest BCUT2D eigenvalue weighted by molar-refractivity contribution is -0.128. The van der Waals surface area contributed by atoms with E-state index < -0.39 is 9.05 Å². The number of nitrogens with zero attached hydrogens (tertiary/aromatic N) is 1. The van der Waals surface area contributed by atoms with Crippen molar-refractivity contribution in [1.29, 1.82) is 0 Å². The SMILES string of the molecule is Cc1ccc(C)c(CN2CC(CS(=O)(=O)Cl)CC2=O)c1. The van der Waals surface area contributed by atoms with Gasteiger partial charge in [0.2, 0.25) is 15.0 Å². The first-order valence-electron chi connectivity index (χ1n) is 6.51. The van der Waals surface area contributed by atoms with E-state index in [0.29, 0.717) is 13.1 Å². The molecule has 0 saturated carbocycles. The molecule has 110 valence electrons. The number of hydrogen-bond acceptors (Lipinski definition) is 3. The maximum absolute atomic E-state index is 12.0. The fraction of sp³-hybridized carbons (Fsp3) is 0.500. The second kappa shape index (κ2) is 5.74. The Labute approximate surface area is 124 Å². The highest BCUT2D eigenvalue weighted by Gasteiger charge is 2.32. The maximum Gasteiger partial charge on any atom is 0.232 e. The monoisotopic (exact) mass is 315 g/mol. The highest BCUT2D eigenvalue weighted by Crippen LogP contribution is 2.23. The van der Waals surface area contributed by atoms with Crippen LogP contribution < -0.4 is 0 Å². The van der Waals surface area contributed by atoms with Crippen molar-refractivity contribution in [3.63, 3.8) is 0 Å². The average Bonchev–Trinajstić information content (AvgIpc) is 2.62. The average molecular weight is 316 g/mol. The van der Waals surface area contributed by atoms with Crippen molar-refractivity contribution in [2.45, 2.75) is 26.8 Å². The minimum Gasteiger partial charge on any atom is -0.338 e. The zero-order valence-electron chi connectivity index (χ0n) is 11.6. The van der Waals surface area contributed by atoms with Gasteiger partial charge in [0.05, 0.1) is 5.75 Å². The molecule has 1 aliphatic rings. The Balaban J connectivity index is 2.07. The predicted molar refractivity (Wildman–Crippen MR) is 79.1 cm³/mol. The lowest BCUT2D eigenvalue weighted by Crippen LogP contribution is -2.25. The first-order chi connectivity index (χ1) is 9.24. The van der Waals surface area contributed by atoms with Gasteiger partial charge in [-0.05, 0) is 25.0 Å². The molecule has 1 aliphatic heterocycles. The number of rotatable bonds is 4. The van der Waals surface area contributed by atoms with Crippen LogP contribution in [0.3, 0.4) is 0 Å². The van der Waals surface area contributed by atoms with Crippen LogP contribution in [0.25, 0.3) is 0 Å². The fourth-order valence-electron chi connectivity index (χ4n) is 2.58. The normalized spacial score (nSPS) is 19.6. The summed E-state index contributed by atoms with van der Waals surface area (Å²) < 4.78 is 22.2. The fourth-order valence-corrected chi connectivity index (χ4v) is 3.90. The summed E-state index contributed by atoms with van der Waals surface area (Å²) in [6, 6.07) is 6.13. The maximum atomic E-state index is 12.0. The van der Waals surface area contributed by atoms with Crippen LogP contribution in [0.1, 0.15) is 23.1 Å². The molecule has 0 aliphatic carbocycles. The van der Waals surface area contributed by atoms with Crippen molar-refractivity contribution in [3.8, 4) is 0 Å². The summed E-state index contributed by atoms with van der Waals surface area (Å²) in [7, 11) is 1.71. The number of carbonyl (C=O) groups is 1. The molecule has 2 rings (SSSR count). The van der Waals surface area contributed by atoms with E-state index in [0.717, 1.165) is 16.7 Å². The Bertz CT molecular complexity index is 627. The van der Waals surface area contributed by atoms with Crippen LogP contribution in [-0.4, -0.2) is 31.5 Å². The van der Waals surface area contributed by atoms with Gasteiger partial charge < -0.3 is 4.90 Å². The van der Waals surface area contributed by atoms with E-state index in [1.165, 1.54) is 0 Å². The van der Waals surface area contributed by atoms with Gasteiger partial charge in [0, 0.05) is 36.1 Å². The van der Waals surface area contributed by atoms with Gasteiger partial charge in [0.15, 0.2) is 0 Å². The number of halogens is 1. The second-order valence-electron chi connectivity index (χ2n) is 5.48. The summed E-state index contributed by atoms with van der Waals surface area (Å²) in [5.74, 6) is -0.338. The molecule has 1 amide bonds. The molecular weight excluding hydrogens is 298 g/mol. The van der Waals surface area contributed by atoms with Crippen molar-refractivity contribution in [2.75, 3.05) is 12.3 Å². The molecule has 4 nitrogen and oxygen atoms in total. The first kappa shape index (κ1) is 15.3. The second-order valence-corrected chi connectivity index (χ2v) is 8.30. The minimum absolute atomic E-state index is 0.00350. The van der Waals surface area contributed by atoms with Crippen molar-refractivity contribution in [2.24, 2.45) is 5.92 Å². The molecule has 0 N–H and O–H groups in total. The first-order valence-corrected chi connectivity index (χ1v) is 8.98. The highest BCUT2D eigenvalue weighted by molar-refractivity contribution is 8.13.